The van der Waals surface area contributed by atoms with Crippen LogP contribution in [0, 0.1) is 28.6 Å². The number of alkyl halides is 1. The van der Waals surface area contributed by atoms with Gasteiger partial charge in [-0.1, -0.05) is 31.9 Å². The van der Waals surface area contributed by atoms with Gasteiger partial charge in [-0.2, -0.15) is 0 Å². The molecule has 3 heteroatoms. The van der Waals surface area contributed by atoms with Crippen LogP contribution in [0.1, 0.15) is 71.6 Å². The maximum absolute atomic E-state index is 11.5. The number of halogens is 1. The van der Waals surface area contributed by atoms with E-state index < -0.39 is 0 Å². The minimum absolute atomic E-state index is 0.0300. The summed E-state index contributed by atoms with van der Waals surface area (Å²) in [5, 5.41) is 0. The Hall–Kier alpha value is -0.500. The summed E-state index contributed by atoms with van der Waals surface area (Å²) < 4.78 is 5.54. The lowest BCUT2D eigenvalue weighted by atomic mass is 9.48. The molecule has 0 spiro atoms. The highest BCUT2D eigenvalue weighted by Crippen LogP contribution is 2.64. The van der Waals surface area contributed by atoms with Gasteiger partial charge in [0.1, 0.15) is 12.0 Å². The molecule has 0 saturated heterocycles. The van der Waals surface area contributed by atoms with Crippen molar-refractivity contribution in [1.29, 1.82) is 0 Å². The predicted molar refractivity (Wildman–Crippen MR) is 96.9 cm³/mol. The van der Waals surface area contributed by atoms with Crippen LogP contribution in [-0.4, -0.2) is 18.0 Å². The molecule has 24 heavy (non-hydrogen) atoms. The molecular formula is C21H31ClO2. The second-order valence-corrected chi connectivity index (χ2v) is 9.60. The zero-order chi connectivity index (χ0) is 16.9. The predicted octanol–water partition coefficient (Wildman–Crippen LogP) is 5.49. The van der Waals surface area contributed by atoms with Gasteiger partial charge >= 0.3 is 5.97 Å². The van der Waals surface area contributed by atoms with Gasteiger partial charge in [-0.05, 0) is 73.5 Å². The van der Waals surface area contributed by atoms with Crippen molar-refractivity contribution in [2.24, 2.45) is 28.6 Å². The number of fused-ring (bicyclic) bond motifs is 5. The Labute approximate surface area is 151 Å². The number of rotatable bonds is 2. The van der Waals surface area contributed by atoms with Crippen molar-refractivity contribution in [2.75, 3.05) is 5.88 Å². The van der Waals surface area contributed by atoms with Gasteiger partial charge in [-0.3, -0.25) is 4.79 Å². The molecule has 0 heterocycles. The molecule has 0 aromatic heterocycles. The fraction of sp³-hybridized carbons (Fsp3) is 0.857. The maximum Gasteiger partial charge on any atom is 0.321 e. The van der Waals surface area contributed by atoms with Crippen LogP contribution in [0.25, 0.3) is 0 Å². The third-order valence-electron chi connectivity index (χ3n) is 8.25. The summed E-state index contributed by atoms with van der Waals surface area (Å²) in [5.41, 5.74) is 2.54. The van der Waals surface area contributed by atoms with Gasteiger partial charge in [0.25, 0.3) is 0 Å². The molecule has 0 bridgehead atoms. The molecule has 4 aliphatic carbocycles. The number of carbonyl (C=O) groups is 1. The van der Waals surface area contributed by atoms with E-state index in [0.717, 1.165) is 30.6 Å². The van der Waals surface area contributed by atoms with Crippen molar-refractivity contribution in [2.45, 2.75) is 77.7 Å². The summed E-state index contributed by atoms with van der Waals surface area (Å²) in [4.78, 5) is 11.5. The normalized spacial score (nSPS) is 47.2. The summed E-state index contributed by atoms with van der Waals surface area (Å²) in [7, 11) is 0. The second-order valence-electron chi connectivity index (χ2n) is 9.33. The topological polar surface area (TPSA) is 26.3 Å². The van der Waals surface area contributed by atoms with Gasteiger partial charge in [0.15, 0.2) is 0 Å². The van der Waals surface area contributed by atoms with Crippen LogP contribution >= 0.6 is 11.6 Å². The SMILES string of the molecule is C[C@@]12CCC[C@@H]1[C@H]1CC=C3C[C@@H](OC(=O)CCl)CC[C@]3(C)[C@@H]1CC2. The van der Waals surface area contributed by atoms with Crippen molar-refractivity contribution < 1.29 is 9.53 Å². The molecule has 3 saturated carbocycles. The first-order chi connectivity index (χ1) is 11.5. The van der Waals surface area contributed by atoms with Crippen LogP contribution in [0.2, 0.25) is 0 Å². The molecular weight excluding hydrogens is 320 g/mol. The zero-order valence-electron chi connectivity index (χ0n) is 15.2. The second kappa shape index (κ2) is 6.04. The average Bonchev–Trinajstić information content (AvgIpc) is 2.97. The molecule has 4 rings (SSSR count). The third-order valence-corrected chi connectivity index (χ3v) is 8.47. The standard InChI is InChI=1S/C21H31ClO2/c1-20-9-3-4-17(20)16-6-5-14-12-15(24-19(23)13-22)7-11-21(14,2)18(16)8-10-20/h5,15-18H,3-4,6-13H2,1-2H3/t15-,16+,17+,18+,20-,21-/m0/s1. The van der Waals surface area contributed by atoms with Crippen molar-refractivity contribution in [1.82, 2.24) is 0 Å². The van der Waals surface area contributed by atoms with E-state index in [2.05, 4.69) is 19.9 Å². The van der Waals surface area contributed by atoms with E-state index >= 15 is 0 Å². The Bertz CT molecular complexity index is 556. The maximum atomic E-state index is 11.5. The number of hydrogen-bond acceptors (Lipinski definition) is 2. The number of allylic oxidation sites excluding steroid dienone is 1. The summed E-state index contributed by atoms with van der Waals surface area (Å²) in [5.74, 6) is 2.38. The van der Waals surface area contributed by atoms with Crippen LogP contribution in [-0.2, 0) is 9.53 Å². The number of ether oxygens (including phenoxy) is 1. The highest BCUT2D eigenvalue weighted by molar-refractivity contribution is 6.26. The fourth-order valence-corrected chi connectivity index (χ4v) is 7.00. The minimum Gasteiger partial charge on any atom is -0.461 e. The van der Waals surface area contributed by atoms with Crippen LogP contribution in [0.5, 0.6) is 0 Å². The molecule has 0 aliphatic heterocycles. The number of carbonyl (C=O) groups excluding carboxylic acids is 1. The van der Waals surface area contributed by atoms with E-state index in [1.165, 1.54) is 44.9 Å². The molecule has 3 fully saturated rings. The molecule has 0 amide bonds. The van der Waals surface area contributed by atoms with Crippen LogP contribution in [0.4, 0.5) is 0 Å². The molecule has 6 atom stereocenters. The molecule has 4 aliphatic rings. The lowest BCUT2D eigenvalue weighted by Gasteiger charge is -2.57. The quantitative estimate of drug-likeness (QED) is 0.374. The number of esters is 1. The molecule has 0 aromatic rings. The Morgan fingerprint density at radius 3 is 2.83 bits per heavy atom. The Balaban J connectivity index is 1.55. The summed E-state index contributed by atoms with van der Waals surface area (Å²) >= 11 is 5.60. The van der Waals surface area contributed by atoms with Crippen molar-refractivity contribution in [3.8, 4) is 0 Å². The van der Waals surface area contributed by atoms with Crippen molar-refractivity contribution in [3.63, 3.8) is 0 Å². The van der Waals surface area contributed by atoms with E-state index in [1.807, 2.05) is 0 Å². The molecule has 0 radical (unpaired) electrons. The first-order valence-electron chi connectivity index (χ1n) is 9.91. The molecule has 0 N–H and O–H groups in total. The molecule has 0 aromatic carbocycles. The highest BCUT2D eigenvalue weighted by Gasteiger charge is 2.55. The first kappa shape index (κ1) is 16.9. The Morgan fingerprint density at radius 1 is 1.21 bits per heavy atom. The van der Waals surface area contributed by atoms with E-state index in [-0.39, 0.29) is 18.0 Å². The first-order valence-corrected chi connectivity index (χ1v) is 10.4. The van der Waals surface area contributed by atoms with Gasteiger partial charge < -0.3 is 4.74 Å². The minimum atomic E-state index is -0.265. The van der Waals surface area contributed by atoms with Crippen LogP contribution in [0.3, 0.4) is 0 Å². The van der Waals surface area contributed by atoms with Gasteiger partial charge in [0.05, 0.1) is 0 Å². The Kier molecular flexibility index (Phi) is 4.26. The van der Waals surface area contributed by atoms with Crippen LogP contribution in [0.15, 0.2) is 11.6 Å². The molecule has 0 unspecified atom stereocenters. The van der Waals surface area contributed by atoms with E-state index in [4.69, 9.17) is 16.3 Å². The molecule has 2 nitrogen and oxygen atoms in total. The smallest absolute Gasteiger partial charge is 0.321 e. The summed E-state index contributed by atoms with van der Waals surface area (Å²) in [6, 6.07) is 0. The van der Waals surface area contributed by atoms with Gasteiger partial charge in [0, 0.05) is 6.42 Å². The largest absolute Gasteiger partial charge is 0.461 e. The fourth-order valence-electron chi connectivity index (χ4n) is 6.94. The van der Waals surface area contributed by atoms with Gasteiger partial charge in [0.2, 0.25) is 0 Å². The van der Waals surface area contributed by atoms with E-state index in [0.29, 0.717) is 10.8 Å². The third kappa shape index (κ3) is 2.55. The highest BCUT2D eigenvalue weighted by atomic mass is 35.5. The monoisotopic (exact) mass is 350 g/mol. The van der Waals surface area contributed by atoms with Crippen LogP contribution < -0.4 is 0 Å². The lowest BCUT2D eigenvalue weighted by Crippen LogP contribution is -2.49. The van der Waals surface area contributed by atoms with Crippen molar-refractivity contribution >= 4 is 17.6 Å². The summed E-state index contributed by atoms with van der Waals surface area (Å²) in [6.07, 6.45) is 14.1. The van der Waals surface area contributed by atoms with Gasteiger partial charge in [-0.15, -0.1) is 11.6 Å². The zero-order valence-corrected chi connectivity index (χ0v) is 15.9. The average molecular weight is 351 g/mol. The Morgan fingerprint density at radius 2 is 2.04 bits per heavy atom. The molecule has 134 valence electrons. The van der Waals surface area contributed by atoms with E-state index in [1.54, 1.807) is 5.57 Å². The summed E-state index contributed by atoms with van der Waals surface area (Å²) in [6.45, 7) is 5.07. The van der Waals surface area contributed by atoms with Crippen molar-refractivity contribution in [3.05, 3.63) is 11.6 Å². The lowest BCUT2D eigenvalue weighted by molar-refractivity contribution is -0.148. The number of hydrogen-bond donors (Lipinski definition) is 0. The van der Waals surface area contributed by atoms with E-state index in [9.17, 15) is 4.79 Å². The van der Waals surface area contributed by atoms with Gasteiger partial charge in [-0.25, -0.2) is 0 Å².